The van der Waals surface area contributed by atoms with Crippen LogP contribution in [0.3, 0.4) is 0 Å². The Labute approximate surface area is 158 Å². The Hall–Kier alpha value is -3.40. The van der Waals surface area contributed by atoms with E-state index in [4.69, 9.17) is 0 Å². The van der Waals surface area contributed by atoms with Crippen molar-refractivity contribution in [2.24, 2.45) is 0 Å². The summed E-state index contributed by atoms with van der Waals surface area (Å²) in [4.78, 5) is 17.3. The van der Waals surface area contributed by atoms with Gasteiger partial charge in [-0.2, -0.15) is 0 Å². The highest BCUT2D eigenvalue weighted by atomic mass is 16.1. The maximum atomic E-state index is 12.8. The van der Waals surface area contributed by atoms with Crippen LogP contribution < -0.4 is 5.32 Å². The van der Waals surface area contributed by atoms with Crippen molar-refractivity contribution in [2.75, 3.05) is 5.32 Å². The quantitative estimate of drug-likeness (QED) is 0.559. The van der Waals surface area contributed by atoms with E-state index in [-0.39, 0.29) is 11.8 Å². The standard InChI is InChI=1S/C23H21N3O/c1-17-10-12-19(13-11-17)25-23(27)15-20(18-7-3-2-4-8-18)21-16-24-22-9-5-6-14-26(21)22/h2-14,16,20H,15H2,1H3,(H,25,27). The molecule has 0 bridgehead atoms. The predicted octanol–water partition coefficient (Wildman–Crippen LogP) is 4.80. The number of hydrogen-bond donors (Lipinski definition) is 1. The molecule has 0 saturated heterocycles. The Bertz CT molecular complexity index is 1050. The highest BCUT2D eigenvalue weighted by molar-refractivity contribution is 5.91. The molecule has 0 radical (unpaired) electrons. The zero-order valence-corrected chi connectivity index (χ0v) is 15.2. The molecular weight excluding hydrogens is 334 g/mol. The number of amides is 1. The first-order valence-electron chi connectivity index (χ1n) is 9.04. The normalized spacial score (nSPS) is 12.0. The van der Waals surface area contributed by atoms with Crippen molar-refractivity contribution in [2.45, 2.75) is 19.3 Å². The van der Waals surface area contributed by atoms with Gasteiger partial charge in [-0.25, -0.2) is 4.98 Å². The van der Waals surface area contributed by atoms with Gasteiger partial charge in [0.2, 0.25) is 5.91 Å². The fourth-order valence-electron chi connectivity index (χ4n) is 3.32. The lowest BCUT2D eigenvalue weighted by atomic mass is 9.92. The van der Waals surface area contributed by atoms with Crippen LogP contribution in [0.2, 0.25) is 0 Å². The van der Waals surface area contributed by atoms with Crippen molar-refractivity contribution in [3.8, 4) is 0 Å². The van der Waals surface area contributed by atoms with Crippen molar-refractivity contribution in [3.05, 3.63) is 102 Å². The van der Waals surface area contributed by atoms with Crippen LogP contribution in [0, 0.1) is 6.92 Å². The number of nitrogens with zero attached hydrogens (tertiary/aromatic N) is 2. The van der Waals surface area contributed by atoms with Crippen molar-refractivity contribution >= 4 is 17.2 Å². The SMILES string of the molecule is Cc1ccc(NC(=O)CC(c2ccccc2)c2cnc3ccccn23)cc1. The Balaban J connectivity index is 1.64. The maximum absolute atomic E-state index is 12.8. The van der Waals surface area contributed by atoms with Crippen molar-refractivity contribution < 1.29 is 4.79 Å². The van der Waals surface area contributed by atoms with Gasteiger partial charge >= 0.3 is 0 Å². The minimum atomic E-state index is -0.0750. The second kappa shape index (κ2) is 7.46. The molecule has 2 aromatic heterocycles. The second-order valence-corrected chi connectivity index (χ2v) is 6.69. The van der Waals surface area contributed by atoms with Crippen LogP contribution in [0.15, 0.2) is 85.2 Å². The first-order chi connectivity index (χ1) is 13.2. The number of nitrogens with one attached hydrogen (secondary N) is 1. The van der Waals surface area contributed by atoms with E-state index in [0.29, 0.717) is 6.42 Å². The predicted molar refractivity (Wildman–Crippen MR) is 108 cm³/mol. The molecule has 134 valence electrons. The highest BCUT2D eigenvalue weighted by Gasteiger charge is 2.21. The van der Waals surface area contributed by atoms with Gasteiger partial charge in [0.05, 0.1) is 5.69 Å². The molecule has 0 aliphatic heterocycles. The number of carbonyl (C=O) groups excluding carboxylic acids is 1. The Kier molecular flexibility index (Phi) is 4.71. The van der Waals surface area contributed by atoms with E-state index >= 15 is 0 Å². The fourth-order valence-corrected chi connectivity index (χ4v) is 3.32. The molecule has 1 amide bonds. The molecule has 2 heterocycles. The molecule has 4 heteroatoms. The van der Waals surface area contributed by atoms with Gasteiger partial charge in [-0.15, -0.1) is 0 Å². The summed E-state index contributed by atoms with van der Waals surface area (Å²) in [6.45, 7) is 2.03. The van der Waals surface area contributed by atoms with Crippen LogP contribution in [0.1, 0.15) is 29.2 Å². The zero-order valence-electron chi connectivity index (χ0n) is 15.2. The van der Waals surface area contributed by atoms with E-state index in [9.17, 15) is 4.79 Å². The molecule has 4 aromatic rings. The lowest BCUT2D eigenvalue weighted by Crippen LogP contribution is -2.17. The average Bonchev–Trinajstić information content (AvgIpc) is 3.12. The van der Waals surface area contributed by atoms with E-state index in [1.165, 1.54) is 5.56 Å². The lowest BCUT2D eigenvalue weighted by Gasteiger charge is -2.17. The summed E-state index contributed by atoms with van der Waals surface area (Å²) in [5, 5.41) is 3.01. The Morgan fingerprint density at radius 1 is 1.00 bits per heavy atom. The number of benzene rings is 2. The third kappa shape index (κ3) is 3.75. The molecule has 0 aliphatic rings. The summed E-state index contributed by atoms with van der Waals surface area (Å²) < 4.78 is 2.05. The van der Waals surface area contributed by atoms with Crippen LogP contribution >= 0.6 is 0 Å². The molecule has 27 heavy (non-hydrogen) atoms. The van der Waals surface area contributed by atoms with E-state index < -0.39 is 0 Å². The van der Waals surface area contributed by atoms with Crippen molar-refractivity contribution in [3.63, 3.8) is 0 Å². The molecule has 0 aliphatic carbocycles. The minimum Gasteiger partial charge on any atom is -0.326 e. The van der Waals surface area contributed by atoms with Crippen molar-refractivity contribution in [1.29, 1.82) is 0 Å². The van der Waals surface area contributed by atoms with Gasteiger partial charge in [0.1, 0.15) is 5.65 Å². The minimum absolute atomic E-state index is 0.0152. The van der Waals surface area contributed by atoms with Gasteiger partial charge in [0.25, 0.3) is 0 Å². The van der Waals surface area contributed by atoms with Crippen LogP contribution in [-0.4, -0.2) is 15.3 Å². The summed E-state index contributed by atoms with van der Waals surface area (Å²) in [6, 6.07) is 23.9. The summed E-state index contributed by atoms with van der Waals surface area (Å²) >= 11 is 0. The molecule has 1 atom stereocenters. The third-order valence-electron chi connectivity index (χ3n) is 4.73. The smallest absolute Gasteiger partial charge is 0.225 e. The first kappa shape index (κ1) is 17.0. The van der Waals surface area contributed by atoms with Crippen LogP contribution in [0.5, 0.6) is 0 Å². The molecular formula is C23H21N3O. The van der Waals surface area contributed by atoms with E-state index in [0.717, 1.165) is 22.6 Å². The van der Waals surface area contributed by atoms with E-state index in [2.05, 4.69) is 26.8 Å². The number of rotatable bonds is 5. The van der Waals surface area contributed by atoms with E-state index in [1.807, 2.05) is 80.0 Å². The number of fused-ring (bicyclic) bond motifs is 1. The number of imidazole rings is 1. The van der Waals surface area contributed by atoms with E-state index in [1.54, 1.807) is 0 Å². The molecule has 0 saturated carbocycles. The number of anilines is 1. The Morgan fingerprint density at radius 2 is 1.74 bits per heavy atom. The van der Waals surface area contributed by atoms with Gasteiger partial charge in [-0.1, -0.05) is 54.1 Å². The number of carbonyl (C=O) groups is 1. The first-order valence-corrected chi connectivity index (χ1v) is 9.04. The largest absolute Gasteiger partial charge is 0.326 e. The Morgan fingerprint density at radius 3 is 2.52 bits per heavy atom. The fraction of sp³-hybridized carbons (Fsp3) is 0.130. The molecule has 1 N–H and O–H groups in total. The molecule has 0 spiro atoms. The van der Waals surface area contributed by atoms with Gasteiger partial charge in [0, 0.05) is 30.4 Å². The molecule has 4 nitrogen and oxygen atoms in total. The summed E-state index contributed by atoms with van der Waals surface area (Å²) in [6.07, 6.45) is 4.21. The third-order valence-corrected chi connectivity index (χ3v) is 4.73. The zero-order chi connectivity index (χ0) is 18.6. The van der Waals surface area contributed by atoms with Crippen LogP contribution in [0.25, 0.3) is 5.65 Å². The summed E-state index contributed by atoms with van der Waals surface area (Å²) in [7, 11) is 0. The number of aryl methyl sites for hydroxylation is 1. The van der Waals surface area contributed by atoms with Gasteiger partial charge in [0.15, 0.2) is 0 Å². The second-order valence-electron chi connectivity index (χ2n) is 6.69. The molecule has 2 aromatic carbocycles. The van der Waals surface area contributed by atoms with Gasteiger partial charge in [-0.05, 0) is 36.8 Å². The number of pyridine rings is 1. The van der Waals surface area contributed by atoms with Crippen molar-refractivity contribution in [1.82, 2.24) is 9.38 Å². The molecule has 1 unspecified atom stereocenters. The monoisotopic (exact) mass is 355 g/mol. The molecule has 0 fully saturated rings. The summed E-state index contributed by atoms with van der Waals surface area (Å²) in [5.41, 5.74) is 4.97. The molecule has 4 rings (SSSR count). The average molecular weight is 355 g/mol. The maximum Gasteiger partial charge on any atom is 0.225 e. The van der Waals surface area contributed by atoms with Gasteiger partial charge < -0.3 is 9.72 Å². The topological polar surface area (TPSA) is 46.4 Å². The number of hydrogen-bond acceptors (Lipinski definition) is 2. The lowest BCUT2D eigenvalue weighted by molar-refractivity contribution is -0.116. The van der Waals surface area contributed by atoms with Crippen LogP contribution in [0.4, 0.5) is 5.69 Å². The highest BCUT2D eigenvalue weighted by Crippen LogP contribution is 2.29. The van der Waals surface area contributed by atoms with Gasteiger partial charge in [-0.3, -0.25) is 4.79 Å². The summed E-state index contributed by atoms with van der Waals surface area (Å²) in [5.74, 6) is -0.0902. The van der Waals surface area contributed by atoms with Crippen LogP contribution in [-0.2, 0) is 4.79 Å². The number of aromatic nitrogens is 2.